The van der Waals surface area contributed by atoms with Crippen LogP contribution in [0.15, 0.2) is 24.3 Å². The van der Waals surface area contributed by atoms with Gasteiger partial charge in [-0.3, -0.25) is 4.79 Å². The van der Waals surface area contributed by atoms with Gasteiger partial charge in [-0.25, -0.2) is 4.79 Å². The Hall–Kier alpha value is -2.04. The molecular weight excluding hydrogens is 318 g/mol. The lowest BCUT2D eigenvalue weighted by molar-refractivity contribution is -0.148. The lowest BCUT2D eigenvalue weighted by atomic mass is 9.79. The van der Waals surface area contributed by atoms with Gasteiger partial charge < -0.3 is 15.2 Å². The molecule has 0 spiro atoms. The molecule has 1 atom stereocenters. The van der Waals surface area contributed by atoms with Crippen molar-refractivity contribution in [3.05, 3.63) is 35.4 Å². The van der Waals surface area contributed by atoms with E-state index in [-0.39, 0.29) is 5.41 Å². The van der Waals surface area contributed by atoms with Crippen molar-refractivity contribution in [2.75, 3.05) is 0 Å². The second-order valence-electron chi connectivity index (χ2n) is 8.98. The van der Waals surface area contributed by atoms with Crippen molar-refractivity contribution < 1.29 is 19.4 Å². The van der Waals surface area contributed by atoms with E-state index in [0.717, 1.165) is 11.1 Å². The SMILES string of the molecule is CC(C)(C)OC(=O)NC(c1ccc(C(C)(C)C)cc1)C(C)(C)C(=O)O. The molecule has 0 aliphatic heterocycles. The molecule has 1 amide bonds. The van der Waals surface area contributed by atoms with Gasteiger partial charge in [0, 0.05) is 0 Å². The van der Waals surface area contributed by atoms with E-state index in [9.17, 15) is 14.7 Å². The van der Waals surface area contributed by atoms with Crippen LogP contribution in [-0.2, 0) is 14.9 Å². The van der Waals surface area contributed by atoms with Crippen LogP contribution in [-0.4, -0.2) is 22.8 Å². The molecule has 1 aromatic carbocycles. The molecule has 0 aliphatic rings. The van der Waals surface area contributed by atoms with Crippen molar-refractivity contribution in [3.63, 3.8) is 0 Å². The maximum atomic E-state index is 12.2. The quantitative estimate of drug-likeness (QED) is 0.829. The molecule has 0 aliphatic carbocycles. The van der Waals surface area contributed by atoms with E-state index in [4.69, 9.17) is 4.74 Å². The van der Waals surface area contributed by atoms with Gasteiger partial charge >= 0.3 is 12.1 Å². The van der Waals surface area contributed by atoms with Crippen molar-refractivity contribution in [1.82, 2.24) is 5.32 Å². The van der Waals surface area contributed by atoms with E-state index in [0.29, 0.717) is 0 Å². The second kappa shape index (κ2) is 7.06. The number of carbonyl (C=O) groups is 2. The van der Waals surface area contributed by atoms with Crippen LogP contribution in [0.4, 0.5) is 4.79 Å². The molecule has 0 heterocycles. The number of hydrogen-bond acceptors (Lipinski definition) is 3. The fourth-order valence-corrected chi connectivity index (χ4v) is 2.40. The molecule has 140 valence electrons. The summed E-state index contributed by atoms with van der Waals surface area (Å²) in [4.78, 5) is 23.9. The molecule has 5 nitrogen and oxygen atoms in total. The number of carboxylic acids is 1. The van der Waals surface area contributed by atoms with E-state index in [2.05, 4.69) is 26.1 Å². The molecule has 25 heavy (non-hydrogen) atoms. The van der Waals surface area contributed by atoms with Crippen molar-refractivity contribution in [2.24, 2.45) is 5.41 Å². The third-order valence-corrected chi connectivity index (χ3v) is 4.04. The molecule has 2 N–H and O–H groups in total. The number of aliphatic carboxylic acids is 1. The Morgan fingerprint density at radius 2 is 1.44 bits per heavy atom. The smallest absolute Gasteiger partial charge is 0.408 e. The molecule has 1 aromatic rings. The van der Waals surface area contributed by atoms with Crippen LogP contribution in [0, 0.1) is 5.41 Å². The Labute approximate surface area is 150 Å². The molecule has 0 fully saturated rings. The first-order valence-electron chi connectivity index (χ1n) is 8.48. The standard InChI is InChI=1S/C20H31NO4/c1-18(2,3)14-11-9-13(10-12-14)15(20(7,8)16(22)23)21-17(24)25-19(4,5)6/h9-12,15H,1-8H3,(H,21,24)(H,22,23). The number of amides is 1. The van der Waals surface area contributed by atoms with Crippen molar-refractivity contribution in [1.29, 1.82) is 0 Å². The predicted molar refractivity (Wildman–Crippen MR) is 98.7 cm³/mol. The van der Waals surface area contributed by atoms with Gasteiger partial charge in [0.1, 0.15) is 5.60 Å². The zero-order chi connectivity index (χ0) is 19.6. The highest BCUT2D eigenvalue weighted by atomic mass is 16.6. The number of benzene rings is 1. The van der Waals surface area contributed by atoms with E-state index in [1.807, 2.05) is 24.3 Å². The summed E-state index contributed by atoms with van der Waals surface area (Å²) in [6.07, 6.45) is -0.633. The molecule has 0 saturated heterocycles. The Balaban J connectivity index is 3.20. The molecule has 0 aromatic heterocycles. The zero-order valence-corrected chi connectivity index (χ0v) is 16.6. The Morgan fingerprint density at radius 3 is 1.80 bits per heavy atom. The second-order valence-corrected chi connectivity index (χ2v) is 8.98. The molecule has 1 unspecified atom stereocenters. The van der Waals surface area contributed by atoms with Crippen LogP contribution in [0.25, 0.3) is 0 Å². The molecule has 5 heteroatoms. The van der Waals surface area contributed by atoms with Crippen LogP contribution in [0.1, 0.15) is 72.6 Å². The van der Waals surface area contributed by atoms with Gasteiger partial charge in [-0.2, -0.15) is 0 Å². The fraction of sp³-hybridized carbons (Fsp3) is 0.600. The topological polar surface area (TPSA) is 75.6 Å². The lowest BCUT2D eigenvalue weighted by Gasteiger charge is -2.33. The summed E-state index contributed by atoms with van der Waals surface area (Å²) >= 11 is 0. The van der Waals surface area contributed by atoms with Gasteiger partial charge in [0.25, 0.3) is 0 Å². The van der Waals surface area contributed by atoms with Crippen molar-refractivity contribution in [2.45, 2.75) is 72.4 Å². The molecular formula is C20H31NO4. The highest BCUT2D eigenvalue weighted by Gasteiger charge is 2.39. The number of alkyl carbamates (subject to hydrolysis) is 1. The molecule has 1 rings (SSSR count). The average Bonchev–Trinajstić information content (AvgIpc) is 2.41. The number of carboxylic acid groups (broad SMARTS) is 1. The van der Waals surface area contributed by atoms with Gasteiger partial charge in [0.05, 0.1) is 11.5 Å². The largest absolute Gasteiger partial charge is 0.481 e. The maximum absolute atomic E-state index is 12.2. The molecule has 0 radical (unpaired) electrons. The first kappa shape index (κ1) is 21.0. The summed E-state index contributed by atoms with van der Waals surface area (Å²) in [5.74, 6) is -0.992. The Kier molecular flexibility index (Phi) is 5.93. The Bertz CT molecular complexity index is 619. The number of hydrogen-bond donors (Lipinski definition) is 2. The monoisotopic (exact) mass is 349 g/mol. The summed E-state index contributed by atoms with van der Waals surface area (Å²) in [6.45, 7) is 14.8. The van der Waals surface area contributed by atoms with Gasteiger partial charge in [-0.1, -0.05) is 45.0 Å². The minimum atomic E-state index is -1.19. The number of carbonyl (C=O) groups excluding carboxylic acids is 1. The third kappa shape index (κ3) is 5.76. The summed E-state index contributed by atoms with van der Waals surface area (Å²) in [5, 5.41) is 12.3. The van der Waals surface area contributed by atoms with Crippen LogP contribution >= 0.6 is 0 Å². The van der Waals surface area contributed by atoms with Gasteiger partial charge in [-0.05, 0) is 51.2 Å². The molecule has 0 bridgehead atoms. The third-order valence-electron chi connectivity index (χ3n) is 4.04. The lowest BCUT2D eigenvalue weighted by Crippen LogP contribution is -2.44. The predicted octanol–water partition coefficient (Wildman–Crippen LogP) is 4.66. The first-order valence-corrected chi connectivity index (χ1v) is 8.48. The van der Waals surface area contributed by atoms with Crippen LogP contribution in [0.3, 0.4) is 0 Å². The number of rotatable bonds is 4. The van der Waals surface area contributed by atoms with E-state index < -0.39 is 29.1 Å². The minimum Gasteiger partial charge on any atom is -0.481 e. The molecule has 0 saturated carbocycles. The van der Waals surface area contributed by atoms with Gasteiger partial charge in [0.2, 0.25) is 0 Å². The van der Waals surface area contributed by atoms with Crippen LogP contribution in [0.5, 0.6) is 0 Å². The average molecular weight is 349 g/mol. The summed E-state index contributed by atoms with van der Waals surface area (Å²) in [6, 6.07) is 6.96. The highest BCUT2D eigenvalue weighted by molar-refractivity contribution is 5.77. The van der Waals surface area contributed by atoms with Gasteiger partial charge in [0.15, 0.2) is 0 Å². The first-order chi connectivity index (χ1) is 11.1. The fourth-order valence-electron chi connectivity index (χ4n) is 2.40. The highest BCUT2D eigenvalue weighted by Crippen LogP contribution is 2.35. The maximum Gasteiger partial charge on any atom is 0.408 e. The normalized spacial score (nSPS) is 13.9. The van der Waals surface area contributed by atoms with Crippen molar-refractivity contribution in [3.8, 4) is 0 Å². The minimum absolute atomic E-state index is 0.00502. The van der Waals surface area contributed by atoms with Crippen molar-refractivity contribution >= 4 is 12.1 Å². The van der Waals surface area contributed by atoms with E-state index in [1.54, 1.807) is 34.6 Å². The van der Waals surface area contributed by atoms with E-state index in [1.165, 1.54) is 0 Å². The van der Waals surface area contributed by atoms with Crippen LogP contribution in [0.2, 0.25) is 0 Å². The number of ether oxygens (including phenoxy) is 1. The van der Waals surface area contributed by atoms with Gasteiger partial charge in [-0.15, -0.1) is 0 Å². The summed E-state index contributed by atoms with van der Waals surface area (Å²) < 4.78 is 5.30. The number of nitrogens with one attached hydrogen (secondary N) is 1. The summed E-state index contributed by atoms with van der Waals surface area (Å²) in [5.41, 5.74) is 0.0133. The van der Waals surface area contributed by atoms with Crippen LogP contribution < -0.4 is 5.32 Å². The zero-order valence-electron chi connectivity index (χ0n) is 16.6. The summed E-state index contributed by atoms with van der Waals surface area (Å²) in [7, 11) is 0. The van der Waals surface area contributed by atoms with E-state index >= 15 is 0 Å². The Morgan fingerprint density at radius 1 is 0.960 bits per heavy atom.